The average molecular weight is 364 g/mol. The van der Waals surface area contributed by atoms with E-state index in [0.717, 1.165) is 59.5 Å². The number of fused-ring (bicyclic) bond motifs is 1. The number of halogens is 1. The van der Waals surface area contributed by atoms with Gasteiger partial charge in [-0.25, -0.2) is 4.39 Å². The SMILES string of the molecule is Cc1ccc(-c2onc3c2CCCC3)cc1NC(=O)Cc1ccc(F)cc1. The van der Waals surface area contributed by atoms with Crippen LogP contribution in [0.5, 0.6) is 0 Å². The smallest absolute Gasteiger partial charge is 0.228 e. The number of carbonyl (C=O) groups is 1. The monoisotopic (exact) mass is 364 g/mol. The van der Waals surface area contributed by atoms with Gasteiger partial charge in [0, 0.05) is 16.8 Å². The number of aromatic nitrogens is 1. The molecular weight excluding hydrogens is 343 g/mol. The van der Waals surface area contributed by atoms with Crippen molar-refractivity contribution in [3.05, 3.63) is 70.7 Å². The number of hydrogen-bond donors (Lipinski definition) is 1. The number of amides is 1. The first kappa shape index (κ1) is 17.5. The van der Waals surface area contributed by atoms with E-state index < -0.39 is 0 Å². The summed E-state index contributed by atoms with van der Waals surface area (Å²) in [4.78, 5) is 12.4. The average Bonchev–Trinajstić information content (AvgIpc) is 3.10. The largest absolute Gasteiger partial charge is 0.356 e. The van der Waals surface area contributed by atoms with Crippen LogP contribution in [0.25, 0.3) is 11.3 Å². The minimum atomic E-state index is -0.307. The number of anilines is 1. The lowest BCUT2D eigenvalue weighted by molar-refractivity contribution is -0.115. The summed E-state index contributed by atoms with van der Waals surface area (Å²) in [5.74, 6) is 0.360. The van der Waals surface area contributed by atoms with Crippen LogP contribution in [-0.4, -0.2) is 11.1 Å². The number of hydrogen-bond acceptors (Lipinski definition) is 3. The number of rotatable bonds is 4. The summed E-state index contributed by atoms with van der Waals surface area (Å²) < 4.78 is 18.6. The molecule has 2 aromatic carbocycles. The molecule has 1 aliphatic carbocycles. The second-order valence-corrected chi connectivity index (χ2v) is 7.03. The Kier molecular flexibility index (Phi) is 4.75. The highest BCUT2D eigenvalue weighted by Crippen LogP contribution is 2.33. The number of carbonyl (C=O) groups excluding carboxylic acids is 1. The van der Waals surface area contributed by atoms with Gasteiger partial charge in [0.1, 0.15) is 5.82 Å². The summed E-state index contributed by atoms with van der Waals surface area (Å²) in [5, 5.41) is 7.18. The Morgan fingerprint density at radius 2 is 1.93 bits per heavy atom. The third-order valence-electron chi connectivity index (χ3n) is 5.01. The van der Waals surface area contributed by atoms with Gasteiger partial charge in [-0.1, -0.05) is 29.4 Å². The summed E-state index contributed by atoms with van der Waals surface area (Å²) in [6.07, 6.45) is 4.44. The third-order valence-corrected chi connectivity index (χ3v) is 5.01. The maximum Gasteiger partial charge on any atom is 0.228 e. The molecule has 0 radical (unpaired) electrons. The van der Waals surface area contributed by atoms with E-state index in [1.54, 1.807) is 12.1 Å². The van der Waals surface area contributed by atoms with Crippen LogP contribution < -0.4 is 5.32 Å². The van der Waals surface area contributed by atoms with Gasteiger partial charge in [-0.3, -0.25) is 4.79 Å². The van der Waals surface area contributed by atoms with Gasteiger partial charge in [0.15, 0.2) is 5.76 Å². The van der Waals surface area contributed by atoms with E-state index in [4.69, 9.17) is 4.52 Å². The summed E-state index contributed by atoms with van der Waals surface area (Å²) in [5.41, 5.74) is 5.66. The molecule has 1 aromatic heterocycles. The molecule has 0 spiro atoms. The second kappa shape index (κ2) is 7.35. The summed E-state index contributed by atoms with van der Waals surface area (Å²) >= 11 is 0. The molecule has 1 aliphatic rings. The van der Waals surface area contributed by atoms with Crippen molar-refractivity contribution >= 4 is 11.6 Å². The molecule has 1 N–H and O–H groups in total. The molecule has 138 valence electrons. The van der Waals surface area contributed by atoms with Crippen molar-refractivity contribution in [1.29, 1.82) is 0 Å². The van der Waals surface area contributed by atoms with E-state index >= 15 is 0 Å². The molecule has 0 unspecified atom stereocenters. The standard InChI is InChI=1S/C22H21FN2O2/c1-14-6-9-16(22-18-4-2-3-5-19(18)25-27-22)13-20(14)24-21(26)12-15-7-10-17(23)11-8-15/h6-11,13H,2-5,12H2,1H3,(H,24,26). The van der Waals surface area contributed by atoms with Gasteiger partial charge < -0.3 is 9.84 Å². The summed E-state index contributed by atoms with van der Waals surface area (Å²) in [6, 6.07) is 11.9. The molecule has 27 heavy (non-hydrogen) atoms. The van der Waals surface area contributed by atoms with Crippen molar-refractivity contribution in [3.8, 4) is 11.3 Å². The zero-order chi connectivity index (χ0) is 18.8. The number of benzene rings is 2. The van der Waals surface area contributed by atoms with Crippen LogP contribution in [0, 0.1) is 12.7 Å². The Morgan fingerprint density at radius 1 is 1.15 bits per heavy atom. The Bertz CT molecular complexity index is 976. The Balaban J connectivity index is 1.55. The summed E-state index contributed by atoms with van der Waals surface area (Å²) in [6.45, 7) is 1.95. The van der Waals surface area contributed by atoms with Crippen LogP contribution in [-0.2, 0) is 24.1 Å². The van der Waals surface area contributed by atoms with Crippen LogP contribution in [0.2, 0.25) is 0 Å². The van der Waals surface area contributed by atoms with E-state index in [1.165, 1.54) is 17.7 Å². The van der Waals surface area contributed by atoms with Gasteiger partial charge in [0.2, 0.25) is 5.91 Å². The molecule has 3 aromatic rings. The Hall–Kier alpha value is -2.95. The highest BCUT2D eigenvalue weighted by Gasteiger charge is 2.21. The molecule has 4 nitrogen and oxygen atoms in total. The first-order valence-electron chi connectivity index (χ1n) is 9.23. The molecule has 0 fully saturated rings. The van der Waals surface area contributed by atoms with Crippen molar-refractivity contribution in [2.24, 2.45) is 0 Å². The number of aryl methyl sites for hydroxylation is 2. The van der Waals surface area contributed by atoms with E-state index in [-0.39, 0.29) is 18.1 Å². The van der Waals surface area contributed by atoms with E-state index in [1.807, 2.05) is 25.1 Å². The van der Waals surface area contributed by atoms with Crippen molar-refractivity contribution < 1.29 is 13.7 Å². The van der Waals surface area contributed by atoms with Gasteiger partial charge in [-0.15, -0.1) is 0 Å². The fraction of sp³-hybridized carbons (Fsp3) is 0.273. The maximum atomic E-state index is 13.0. The lowest BCUT2D eigenvalue weighted by Crippen LogP contribution is -2.15. The predicted molar refractivity (Wildman–Crippen MR) is 102 cm³/mol. The van der Waals surface area contributed by atoms with E-state index in [0.29, 0.717) is 0 Å². The fourth-order valence-electron chi connectivity index (χ4n) is 3.50. The lowest BCUT2D eigenvalue weighted by atomic mass is 9.93. The zero-order valence-electron chi connectivity index (χ0n) is 15.2. The van der Waals surface area contributed by atoms with Crippen LogP contribution in [0.1, 0.15) is 35.2 Å². The minimum absolute atomic E-state index is 0.138. The quantitative estimate of drug-likeness (QED) is 0.720. The lowest BCUT2D eigenvalue weighted by Gasteiger charge is -2.12. The van der Waals surface area contributed by atoms with Gasteiger partial charge in [-0.05, 0) is 61.9 Å². The van der Waals surface area contributed by atoms with Crippen molar-refractivity contribution in [2.45, 2.75) is 39.0 Å². The minimum Gasteiger partial charge on any atom is -0.356 e. The molecule has 1 heterocycles. The van der Waals surface area contributed by atoms with Crippen LogP contribution >= 0.6 is 0 Å². The first-order chi connectivity index (χ1) is 13.1. The molecule has 5 heteroatoms. The van der Waals surface area contributed by atoms with Gasteiger partial charge in [0.05, 0.1) is 12.1 Å². The van der Waals surface area contributed by atoms with Crippen LogP contribution in [0.3, 0.4) is 0 Å². The Labute approximate surface area is 157 Å². The highest BCUT2D eigenvalue weighted by molar-refractivity contribution is 5.93. The van der Waals surface area contributed by atoms with Crippen molar-refractivity contribution in [2.75, 3.05) is 5.32 Å². The molecule has 0 atom stereocenters. The molecule has 0 saturated carbocycles. The van der Waals surface area contributed by atoms with Crippen molar-refractivity contribution in [3.63, 3.8) is 0 Å². The topological polar surface area (TPSA) is 55.1 Å². The highest BCUT2D eigenvalue weighted by atomic mass is 19.1. The molecular formula is C22H21FN2O2. The maximum absolute atomic E-state index is 13.0. The van der Waals surface area contributed by atoms with Gasteiger partial charge in [0.25, 0.3) is 0 Å². The number of nitrogens with one attached hydrogen (secondary N) is 1. The molecule has 1 amide bonds. The molecule has 0 saturated heterocycles. The van der Waals surface area contributed by atoms with Crippen LogP contribution in [0.4, 0.5) is 10.1 Å². The first-order valence-corrected chi connectivity index (χ1v) is 9.23. The predicted octanol–water partition coefficient (Wildman–Crippen LogP) is 4.85. The Morgan fingerprint density at radius 3 is 2.74 bits per heavy atom. The van der Waals surface area contributed by atoms with Gasteiger partial charge >= 0.3 is 0 Å². The number of nitrogens with zero attached hydrogens (tertiary/aromatic N) is 1. The van der Waals surface area contributed by atoms with Gasteiger partial charge in [-0.2, -0.15) is 0 Å². The summed E-state index contributed by atoms with van der Waals surface area (Å²) in [7, 11) is 0. The van der Waals surface area contributed by atoms with E-state index in [2.05, 4.69) is 10.5 Å². The molecule has 0 aliphatic heterocycles. The fourth-order valence-corrected chi connectivity index (χ4v) is 3.50. The van der Waals surface area contributed by atoms with Crippen molar-refractivity contribution in [1.82, 2.24) is 5.16 Å². The normalized spacial score (nSPS) is 13.3. The zero-order valence-corrected chi connectivity index (χ0v) is 15.2. The van der Waals surface area contributed by atoms with E-state index in [9.17, 15) is 9.18 Å². The molecule has 4 rings (SSSR count). The van der Waals surface area contributed by atoms with Crippen LogP contribution in [0.15, 0.2) is 47.0 Å². The molecule has 0 bridgehead atoms. The third kappa shape index (κ3) is 3.77. The second-order valence-electron chi connectivity index (χ2n) is 7.03.